The van der Waals surface area contributed by atoms with E-state index in [0.29, 0.717) is 0 Å². The van der Waals surface area contributed by atoms with Crippen molar-refractivity contribution in [3.8, 4) is 22.5 Å². The quantitative estimate of drug-likeness (QED) is 0.323. The Balaban J connectivity index is 0.000000239. The molecule has 0 spiro atoms. The second-order valence-corrected chi connectivity index (χ2v) is 5.50. The maximum Gasteiger partial charge on any atom is 2.00 e. The van der Waals surface area contributed by atoms with Crippen LogP contribution in [0.1, 0.15) is 6.92 Å². The van der Waals surface area contributed by atoms with Crippen LogP contribution in [0.25, 0.3) is 22.5 Å². The number of nitrogens with zero attached hydrogens (tertiary/aromatic N) is 2. The van der Waals surface area contributed by atoms with Crippen LogP contribution in [-0.2, 0) is 24.3 Å². The van der Waals surface area contributed by atoms with Crippen molar-refractivity contribution >= 4 is 5.97 Å². The van der Waals surface area contributed by atoms with Gasteiger partial charge in [-0.15, -0.1) is 71.8 Å². The average Bonchev–Trinajstić information content (AvgIpc) is 2.76. The number of pyridine rings is 2. The fourth-order valence-corrected chi connectivity index (χ4v) is 2.15. The molecule has 4 aromatic rings. The fourth-order valence-electron chi connectivity index (χ4n) is 2.15. The molecule has 0 unspecified atom stereocenters. The molecule has 147 valence electrons. The summed E-state index contributed by atoms with van der Waals surface area (Å²) in [6.45, 7) is 1.08. The summed E-state index contributed by atoms with van der Waals surface area (Å²) in [6, 6.07) is 33.6. The summed E-state index contributed by atoms with van der Waals surface area (Å²) >= 11 is 0. The molecule has 5 heteroatoms. The van der Waals surface area contributed by atoms with E-state index in [1.54, 1.807) is 12.4 Å². The maximum atomic E-state index is 9.00. The number of carboxylic acid groups (broad SMARTS) is 1. The number of hydrogen-bond acceptors (Lipinski definition) is 3. The van der Waals surface area contributed by atoms with Crippen LogP contribution in [0, 0.1) is 12.1 Å². The molecule has 4 rings (SSSR count). The predicted molar refractivity (Wildman–Crippen MR) is 110 cm³/mol. The molecule has 2 heterocycles. The van der Waals surface area contributed by atoms with Gasteiger partial charge in [-0.2, -0.15) is 0 Å². The van der Waals surface area contributed by atoms with Crippen molar-refractivity contribution in [3.05, 3.63) is 109 Å². The van der Waals surface area contributed by atoms with E-state index in [2.05, 4.69) is 22.1 Å². The van der Waals surface area contributed by atoms with Gasteiger partial charge in [-0.3, -0.25) is 4.79 Å². The van der Waals surface area contributed by atoms with Gasteiger partial charge >= 0.3 is 19.5 Å². The van der Waals surface area contributed by atoms with Crippen molar-refractivity contribution in [1.29, 1.82) is 0 Å². The standard InChI is InChI=1S/2C11H8N.C2H4O2.Rh/c2*1-2-6-10(7-3-1)11-8-4-5-9-12-11;1-2(3)4;/h2*1-6,8-9H;1H3,(H,3,4);/q2*-1;;+2. The molecule has 0 bridgehead atoms. The van der Waals surface area contributed by atoms with E-state index in [1.807, 2.05) is 84.9 Å². The number of carbonyl (C=O) groups is 1. The van der Waals surface area contributed by atoms with Gasteiger partial charge in [0.2, 0.25) is 0 Å². The summed E-state index contributed by atoms with van der Waals surface area (Å²) in [5.74, 6) is -0.833. The van der Waals surface area contributed by atoms with Gasteiger partial charge in [-0.25, -0.2) is 0 Å². The fraction of sp³-hybridized carbons (Fsp3) is 0.0417. The van der Waals surface area contributed by atoms with Crippen LogP contribution >= 0.6 is 0 Å². The summed E-state index contributed by atoms with van der Waals surface area (Å²) in [7, 11) is 0. The van der Waals surface area contributed by atoms with Crippen LogP contribution in [0.15, 0.2) is 97.3 Å². The number of aliphatic carboxylic acids is 1. The Hall–Kier alpha value is -3.17. The minimum Gasteiger partial charge on any atom is -0.481 e. The number of rotatable bonds is 2. The van der Waals surface area contributed by atoms with Crippen LogP contribution in [0.3, 0.4) is 0 Å². The molecule has 29 heavy (non-hydrogen) atoms. The molecule has 4 nitrogen and oxygen atoms in total. The number of carboxylic acids is 1. The Morgan fingerprint density at radius 3 is 1.38 bits per heavy atom. The second kappa shape index (κ2) is 13.9. The van der Waals surface area contributed by atoms with Crippen LogP contribution < -0.4 is 0 Å². The molecule has 0 aliphatic heterocycles. The van der Waals surface area contributed by atoms with Gasteiger partial charge in [0.1, 0.15) is 0 Å². The number of benzene rings is 2. The SMILES string of the molecule is CC(=O)O.[Rh+2].[c-]1ccccc1-c1ccccn1.[c-]1ccccc1-c1ccccn1. The van der Waals surface area contributed by atoms with Crippen molar-refractivity contribution in [2.75, 3.05) is 0 Å². The van der Waals surface area contributed by atoms with Gasteiger partial charge in [0.25, 0.3) is 5.97 Å². The molecule has 0 aliphatic carbocycles. The third-order valence-corrected chi connectivity index (χ3v) is 3.30. The molecule has 1 radical (unpaired) electrons. The first-order valence-corrected chi connectivity index (χ1v) is 8.62. The van der Waals surface area contributed by atoms with Crippen LogP contribution in [0.2, 0.25) is 0 Å². The minimum atomic E-state index is -0.833. The third kappa shape index (κ3) is 9.54. The first-order chi connectivity index (χ1) is 13.7. The molecular weight excluding hydrogens is 451 g/mol. The topological polar surface area (TPSA) is 63.1 Å². The smallest absolute Gasteiger partial charge is 0.481 e. The molecule has 0 saturated carbocycles. The van der Waals surface area contributed by atoms with Crippen molar-refractivity contribution in [3.63, 3.8) is 0 Å². The Kier molecular flexibility index (Phi) is 11.5. The number of hydrogen-bond donors (Lipinski definition) is 1. The Morgan fingerprint density at radius 1 is 0.724 bits per heavy atom. The van der Waals surface area contributed by atoms with Gasteiger partial charge in [0.05, 0.1) is 0 Å². The number of aromatic nitrogens is 2. The minimum absolute atomic E-state index is 0. The van der Waals surface area contributed by atoms with Crippen molar-refractivity contribution in [1.82, 2.24) is 9.97 Å². The zero-order chi connectivity index (χ0) is 20.0. The average molecular weight is 471 g/mol. The Labute approximate surface area is 184 Å². The first kappa shape index (κ1) is 23.9. The molecule has 2 aromatic heterocycles. The molecule has 0 aliphatic rings. The largest absolute Gasteiger partial charge is 2.00 e. The summed E-state index contributed by atoms with van der Waals surface area (Å²) in [5.41, 5.74) is 4.02. The molecule has 0 saturated heterocycles. The molecule has 1 N–H and O–H groups in total. The maximum absolute atomic E-state index is 9.00. The zero-order valence-corrected chi connectivity index (χ0v) is 17.5. The van der Waals surface area contributed by atoms with E-state index in [4.69, 9.17) is 9.90 Å². The monoisotopic (exact) mass is 471 g/mol. The van der Waals surface area contributed by atoms with Gasteiger partial charge < -0.3 is 15.1 Å². The van der Waals surface area contributed by atoms with Gasteiger partial charge in [0, 0.05) is 19.3 Å². The van der Waals surface area contributed by atoms with Crippen LogP contribution in [0.5, 0.6) is 0 Å². The van der Waals surface area contributed by atoms with E-state index >= 15 is 0 Å². The van der Waals surface area contributed by atoms with E-state index in [-0.39, 0.29) is 19.5 Å². The summed E-state index contributed by atoms with van der Waals surface area (Å²) < 4.78 is 0. The van der Waals surface area contributed by atoms with E-state index < -0.39 is 5.97 Å². The van der Waals surface area contributed by atoms with Crippen LogP contribution in [-0.4, -0.2) is 21.0 Å². The van der Waals surface area contributed by atoms with Gasteiger partial charge in [-0.05, 0) is 23.5 Å². The molecule has 0 fully saturated rings. The van der Waals surface area contributed by atoms with Gasteiger partial charge in [-0.1, -0.05) is 24.3 Å². The van der Waals surface area contributed by atoms with E-state index in [1.165, 1.54) is 0 Å². The van der Waals surface area contributed by atoms with E-state index in [0.717, 1.165) is 29.4 Å². The summed E-state index contributed by atoms with van der Waals surface area (Å²) in [4.78, 5) is 17.4. The van der Waals surface area contributed by atoms with Crippen molar-refractivity contribution < 1.29 is 29.4 Å². The van der Waals surface area contributed by atoms with E-state index in [9.17, 15) is 0 Å². The normalized spacial score (nSPS) is 8.86. The van der Waals surface area contributed by atoms with Crippen molar-refractivity contribution in [2.24, 2.45) is 0 Å². The summed E-state index contributed by atoms with van der Waals surface area (Å²) in [5, 5.41) is 7.42. The Bertz CT molecular complexity index is 781. The zero-order valence-electron chi connectivity index (χ0n) is 15.8. The summed E-state index contributed by atoms with van der Waals surface area (Å²) in [6.07, 6.45) is 3.58. The molecule has 0 atom stereocenters. The third-order valence-electron chi connectivity index (χ3n) is 3.30. The second-order valence-electron chi connectivity index (χ2n) is 5.50. The van der Waals surface area contributed by atoms with Gasteiger partial charge in [0.15, 0.2) is 0 Å². The molecular formula is C24H20N2O2Rh. The predicted octanol–water partition coefficient (Wildman–Crippen LogP) is 5.19. The van der Waals surface area contributed by atoms with Crippen LogP contribution in [0.4, 0.5) is 0 Å². The molecule has 0 amide bonds. The Morgan fingerprint density at radius 2 is 1.10 bits per heavy atom. The van der Waals surface area contributed by atoms with Crippen molar-refractivity contribution in [2.45, 2.75) is 6.92 Å². The first-order valence-electron chi connectivity index (χ1n) is 8.62. The molecule has 2 aromatic carbocycles.